The van der Waals surface area contributed by atoms with Crippen LogP contribution in [0.15, 0.2) is 23.3 Å². The lowest BCUT2D eigenvalue weighted by molar-refractivity contribution is 0.0954. The third kappa shape index (κ3) is 2.96. The van der Waals surface area contributed by atoms with E-state index < -0.39 is 5.91 Å². The summed E-state index contributed by atoms with van der Waals surface area (Å²) in [6.07, 6.45) is 2.25. The van der Waals surface area contributed by atoms with E-state index in [1.54, 1.807) is 0 Å². The molecule has 5 nitrogen and oxygen atoms in total. The molecule has 0 unspecified atom stereocenters. The zero-order valence-electron chi connectivity index (χ0n) is 9.47. The van der Waals surface area contributed by atoms with Crippen molar-refractivity contribution in [3.8, 4) is 11.5 Å². The van der Waals surface area contributed by atoms with Crippen molar-refractivity contribution in [3.63, 3.8) is 0 Å². The second-order valence-corrected chi connectivity index (χ2v) is 4.21. The van der Waals surface area contributed by atoms with E-state index in [-0.39, 0.29) is 17.1 Å². The van der Waals surface area contributed by atoms with Crippen molar-refractivity contribution in [2.45, 2.75) is 19.8 Å². The van der Waals surface area contributed by atoms with Crippen LogP contribution in [0.25, 0.3) is 0 Å². The number of phenols is 2. The molecule has 5 heteroatoms. The molecule has 0 bridgehead atoms. The minimum Gasteiger partial charge on any atom is -0.508 e. The summed E-state index contributed by atoms with van der Waals surface area (Å²) in [5.74, 6) is -0.264. The maximum Gasteiger partial charge on any atom is 0.271 e. The molecule has 0 aliphatic heterocycles. The van der Waals surface area contributed by atoms with Crippen LogP contribution in [-0.4, -0.2) is 21.8 Å². The minimum atomic E-state index is -0.448. The number of hydrogen-bond acceptors (Lipinski definition) is 4. The van der Waals surface area contributed by atoms with Crippen molar-refractivity contribution in [2.75, 3.05) is 0 Å². The first kappa shape index (κ1) is 11.4. The number of amides is 1. The average Bonchev–Trinajstić information content (AvgIpc) is 3.07. The summed E-state index contributed by atoms with van der Waals surface area (Å²) in [6, 6.07) is 3.71. The molecule has 1 aliphatic rings. The third-order valence-corrected chi connectivity index (χ3v) is 2.67. The van der Waals surface area contributed by atoms with Crippen LogP contribution in [0.3, 0.4) is 0 Å². The lowest BCUT2D eigenvalue weighted by Gasteiger charge is -2.03. The SMILES string of the molecule is CC(=NNC(=O)c1cc(O)cc(O)c1)C1CC1. The predicted molar refractivity (Wildman–Crippen MR) is 63.1 cm³/mol. The zero-order valence-corrected chi connectivity index (χ0v) is 9.47. The molecule has 1 aromatic carbocycles. The smallest absolute Gasteiger partial charge is 0.271 e. The molecule has 0 radical (unpaired) electrons. The minimum absolute atomic E-state index is 0.155. The molecular formula is C12H14N2O3. The molecule has 1 aromatic rings. The summed E-state index contributed by atoms with van der Waals surface area (Å²) >= 11 is 0. The largest absolute Gasteiger partial charge is 0.508 e. The van der Waals surface area contributed by atoms with Crippen molar-refractivity contribution < 1.29 is 15.0 Å². The molecule has 0 saturated heterocycles. The first-order chi connectivity index (χ1) is 8.06. The third-order valence-electron chi connectivity index (χ3n) is 2.67. The van der Waals surface area contributed by atoms with Crippen LogP contribution in [0, 0.1) is 5.92 Å². The highest BCUT2D eigenvalue weighted by Gasteiger charge is 2.24. The molecular weight excluding hydrogens is 220 g/mol. The predicted octanol–water partition coefficient (Wildman–Crippen LogP) is 1.61. The number of nitrogens with zero attached hydrogens (tertiary/aromatic N) is 1. The van der Waals surface area contributed by atoms with Crippen LogP contribution in [-0.2, 0) is 0 Å². The first-order valence-corrected chi connectivity index (χ1v) is 5.44. The second-order valence-electron chi connectivity index (χ2n) is 4.21. The molecule has 1 fully saturated rings. The first-order valence-electron chi connectivity index (χ1n) is 5.44. The molecule has 0 heterocycles. The van der Waals surface area contributed by atoms with Crippen LogP contribution in [0.5, 0.6) is 11.5 Å². The molecule has 0 aromatic heterocycles. The summed E-state index contributed by atoms with van der Waals surface area (Å²) in [5.41, 5.74) is 3.48. The van der Waals surface area contributed by atoms with Gasteiger partial charge in [0.15, 0.2) is 0 Å². The molecule has 1 amide bonds. The van der Waals surface area contributed by atoms with Crippen molar-refractivity contribution in [1.29, 1.82) is 0 Å². The lowest BCUT2D eigenvalue weighted by Crippen LogP contribution is -2.19. The number of hydrogen-bond donors (Lipinski definition) is 3. The molecule has 17 heavy (non-hydrogen) atoms. The number of hydrazone groups is 1. The van der Waals surface area contributed by atoms with Crippen molar-refractivity contribution >= 4 is 11.6 Å². The van der Waals surface area contributed by atoms with E-state index in [4.69, 9.17) is 0 Å². The molecule has 1 aliphatic carbocycles. The molecule has 0 atom stereocenters. The van der Waals surface area contributed by atoms with Gasteiger partial charge in [0.25, 0.3) is 5.91 Å². The van der Waals surface area contributed by atoms with Gasteiger partial charge in [-0.15, -0.1) is 0 Å². The molecule has 0 spiro atoms. The number of nitrogens with one attached hydrogen (secondary N) is 1. The van der Waals surface area contributed by atoms with Crippen LogP contribution in [0.2, 0.25) is 0 Å². The van der Waals surface area contributed by atoms with Crippen molar-refractivity contribution in [3.05, 3.63) is 23.8 Å². The Kier molecular flexibility index (Phi) is 2.99. The van der Waals surface area contributed by atoms with Gasteiger partial charge in [-0.1, -0.05) is 0 Å². The summed E-state index contributed by atoms with van der Waals surface area (Å²) in [5, 5.41) is 22.5. The molecule has 1 saturated carbocycles. The number of rotatable bonds is 3. The quantitative estimate of drug-likeness (QED) is 0.549. The van der Waals surface area contributed by atoms with E-state index in [1.165, 1.54) is 12.1 Å². The maximum atomic E-state index is 11.7. The Labute approximate surface area is 98.8 Å². The van der Waals surface area contributed by atoms with Crippen LogP contribution < -0.4 is 5.43 Å². The van der Waals surface area contributed by atoms with Gasteiger partial charge in [-0.25, -0.2) is 5.43 Å². The lowest BCUT2D eigenvalue weighted by atomic mass is 10.2. The number of benzene rings is 1. The number of aromatic hydroxyl groups is 2. The van der Waals surface area contributed by atoms with Gasteiger partial charge in [0.2, 0.25) is 0 Å². The summed E-state index contributed by atoms with van der Waals surface area (Å²) in [7, 11) is 0. The van der Waals surface area contributed by atoms with Gasteiger partial charge in [0.05, 0.1) is 0 Å². The summed E-state index contributed by atoms with van der Waals surface area (Å²) in [6.45, 7) is 1.87. The fourth-order valence-electron chi connectivity index (χ4n) is 1.52. The number of carbonyl (C=O) groups is 1. The Morgan fingerprint density at radius 2 is 1.88 bits per heavy atom. The standard InChI is InChI=1S/C12H14N2O3/c1-7(8-2-3-8)13-14-12(17)9-4-10(15)6-11(16)5-9/h4-6,8,15-16H,2-3H2,1H3,(H,14,17). The highest BCUT2D eigenvalue weighted by Crippen LogP contribution is 2.30. The van der Waals surface area contributed by atoms with Crippen LogP contribution in [0.4, 0.5) is 0 Å². The van der Waals surface area contributed by atoms with Gasteiger partial charge in [0.1, 0.15) is 11.5 Å². The Morgan fingerprint density at radius 1 is 1.29 bits per heavy atom. The number of phenolic OH excluding ortho intramolecular Hbond substituents is 2. The molecule has 3 N–H and O–H groups in total. The van der Waals surface area contributed by atoms with Gasteiger partial charge in [-0.2, -0.15) is 5.10 Å². The van der Waals surface area contributed by atoms with Crippen LogP contribution >= 0.6 is 0 Å². The van der Waals surface area contributed by atoms with E-state index in [0.29, 0.717) is 5.92 Å². The van der Waals surface area contributed by atoms with Crippen molar-refractivity contribution in [1.82, 2.24) is 5.43 Å². The van der Waals surface area contributed by atoms with E-state index >= 15 is 0 Å². The van der Waals surface area contributed by atoms with E-state index in [9.17, 15) is 15.0 Å². The van der Waals surface area contributed by atoms with Crippen LogP contribution in [0.1, 0.15) is 30.1 Å². The Bertz CT molecular complexity index is 458. The maximum absolute atomic E-state index is 11.7. The zero-order chi connectivity index (χ0) is 12.4. The highest BCUT2D eigenvalue weighted by atomic mass is 16.3. The molecule has 90 valence electrons. The Hall–Kier alpha value is -2.04. The second kappa shape index (κ2) is 4.45. The van der Waals surface area contributed by atoms with Crippen molar-refractivity contribution in [2.24, 2.45) is 11.0 Å². The highest BCUT2D eigenvalue weighted by molar-refractivity contribution is 5.96. The van der Waals surface area contributed by atoms with Gasteiger partial charge < -0.3 is 10.2 Å². The fraction of sp³-hybridized carbons (Fsp3) is 0.333. The van der Waals surface area contributed by atoms with E-state index in [1.807, 2.05) is 6.92 Å². The number of carbonyl (C=O) groups excluding carboxylic acids is 1. The normalized spacial score (nSPS) is 15.7. The topological polar surface area (TPSA) is 81.9 Å². The van der Waals surface area contributed by atoms with E-state index in [0.717, 1.165) is 24.6 Å². The molecule has 2 rings (SSSR count). The Balaban J connectivity index is 2.06. The van der Waals surface area contributed by atoms with Gasteiger partial charge in [0, 0.05) is 17.3 Å². The Morgan fingerprint density at radius 3 is 2.41 bits per heavy atom. The van der Waals surface area contributed by atoms with E-state index in [2.05, 4.69) is 10.5 Å². The van der Waals surface area contributed by atoms with Gasteiger partial charge in [-0.3, -0.25) is 4.79 Å². The fourth-order valence-corrected chi connectivity index (χ4v) is 1.52. The average molecular weight is 234 g/mol. The summed E-state index contributed by atoms with van der Waals surface area (Å²) < 4.78 is 0. The monoisotopic (exact) mass is 234 g/mol. The van der Waals surface area contributed by atoms with Gasteiger partial charge in [-0.05, 0) is 37.8 Å². The summed E-state index contributed by atoms with van der Waals surface area (Å²) in [4.78, 5) is 11.7. The van der Waals surface area contributed by atoms with Gasteiger partial charge >= 0.3 is 0 Å².